The topological polar surface area (TPSA) is 54.0 Å². The van der Waals surface area contributed by atoms with Crippen LogP contribution in [0.3, 0.4) is 0 Å². The number of rotatable bonds is 7. The van der Waals surface area contributed by atoms with Gasteiger partial charge in [-0.25, -0.2) is 0 Å². The van der Waals surface area contributed by atoms with Crippen LogP contribution in [0.2, 0.25) is 0 Å². The average Bonchev–Trinajstić information content (AvgIpc) is 3.12. The number of halogens is 3. The minimum atomic E-state index is -4.73. The highest BCUT2D eigenvalue weighted by atomic mass is 19.4. The molecule has 216 valence electrons. The normalized spacial score (nSPS) is 16.1. The third kappa shape index (κ3) is 7.48. The Balaban J connectivity index is 1.28. The van der Waals surface area contributed by atoms with Crippen LogP contribution in [-0.2, 0) is 16.1 Å². The van der Waals surface area contributed by atoms with Crippen LogP contribution >= 0.6 is 0 Å². The number of nitrogens with zero attached hydrogens (tertiary/aromatic N) is 2. The number of carbonyl (C=O) groups excluding carboxylic acids is 1. The summed E-state index contributed by atoms with van der Waals surface area (Å²) in [5.41, 5.74) is 6.00. The van der Waals surface area contributed by atoms with Crippen molar-refractivity contribution in [2.24, 2.45) is 0 Å². The van der Waals surface area contributed by atoms with Crippen molar-refractivity contribution in [2.45, 2.75) is 38.2 Å². The Kier molecular flexibility index (Phi) is 8.65. The first-order valence-corrected chi connectivity index (χ1v) is 13.7. The average molecular weight is 566 g/mol. The number of hydrogen-bond donors (Lipinski definition) is 1. The van der Waals surface area contributed by atoms with Crippen LogP contribution in [-0.4, -0.2) is 57.1 Å². The molecule has 1 fully saturated rings. The number of benzene rings is 3. The smallest absolute Gasteiger partial charge is 0.406 e. The van der Waals surface area contributed by atoms with E-state index in [4.69, 9.17) is 4.74 Å². The highest BCUT2D eigenvalue weighted by Gasteiger charge is 2.31. The van der Waals surface area contributed by atoms with E-state index >= 15 is 0 Å². The molecule has 0 saturated carbocycles. The first kappa shape index (κ1) is 28.7. The summed E-state index contributed by atoms with van der Waals surface area (Å²) in [6.45, 7) is 3.14. The van der Waals surface area contributed by atoms with E-state index in [1.165, 1.54) is 17.7 Å². The van der Waals surface area contributed by atoms with Crippen LogP contribution in [0.4, 0.5) is 24.5 Å². The van der Waals surface area contributed by atoms with E-state index in [9.17, 15) is 18.0 Å². The highest BCUT2D eigenvalue weighted by molar-refractivity contribution is 6.07. The molecule has 0 spiro atoms. The Bertz CT molecular complexity index is 1380. The SMILES string of the molecule is CN1CCC(C(=O)Nc2ccc(CN(C)C3CCOCC3)cc2)=Cc2cc(-c3ccc(OC(F)(F)F)cc3)ccc21. The lowest BCUT2D eigenvalue weighted by atomic mass is 10.00. The number of anilines is 2. The van der Waals surface area contributed by atoms with Gasteiger partial charge in [-0.1, -0.05) is 30.3 Å². The fourth-order valence-corrected chi connectivity index (χ4v) is 5.34. The number of amides is 1. The first-order chi connectivity index (χ1) is 19.6. The molecule has 1 N–H and O–H groups in total. The van der Waals surface area contributed by atoms with E-state index in [0.717, 1.165) is 60.7 Å². The van der Waals surface area contributed by atoms with Crippen molar-refractivity contribution in [3.8, 4) is 16.9 Å². The van der Waals surface area contributed by atoms with Crippen LogP contribution in [0.5, 0.6) is 5.75 Å². The van der Waals surface area contributed by atoms with Gasteiger partial charge in [0.05, 0.1) is 0 Å². The Labute approximate surface area is 238 Å². The van der Waals surface area contributed by atoms with Gasteiger partial charge in [-0.3, -0.25) is 9.69 Å². The van der Waals surface area contributed by atoms with Gasteiger partial charge in [-0.15, -0.1) is 13.2 Å². The maximum atomic E-state index is 13.3. The van der Waals surface area contributed by atoms with Gasteiger partial charge in [0.15, 0.2) is 0 Å². The van der Waals surface area contributed by atoms with Crippen LogP contribution in [0.1, 0.15) is 30.4 Å². The van der Waals surface area contributed by atoms with Gasteiger partial charge in [-0.2, -0.15) is 0 Å². The van der Waals surface area contributed by atoms with E-state index < -0.39 is 6.36 Å². The van der Waals surface area contributed by atoms with Crippen molar-refractivity contribution < 1.29 is 27.4 Å². The molecule has 3 aromatic carbocycles. The quantitative estimate of drug-likeness (QED) is 0.345. The van der Waals surface area contributed by atoms with Crippen LogP contribution < -0.4 is 15.0 Å². The molecule has 0 bridgehead atoms. The zero-order valence-electron chi connectivity index (χ0n) is 23.2. The Morgan fingerprint density at radius 1 is 1.02 bits per heavy atom. The van der Waals surface area contributed by atoms with Crippen molar-refractivity contribution in [3.63, 3.8) is 0 Å². The second-order valence-corrected chi connectivity index (χ2v) is 10.6. The summed E-state index contributed by atoms with van der Waals surface area (Å²) >= 11 is 0. The molecule has 0 aliphatic carbocycles. The number of fused-ring (bicyclic) bond motifs is 1. The molecule has 0 unspecified atom stereocenters. The molecule has 2 aliphatic rings. The molecule has 3 aromatic rings. The number of carbonyl (C=O) groups is 1. The molecule has 1 saturated heterocycles. The number of nitrogens with one attached hydrogen (secondary N) is 1. The Morgan fingerprint density at radius 3 is 2.39 bits per heavy atom. The molecule has 6 nitrogen and oxygen atoms in total. The summed E-state index contributed by atoms with van der Waals surface area (Å²) in [7, 11) is 4.12. The molecule has 5 rings (SSSR count). The van der Waals surface area contributed by atoms with Crippen molar-refractivity contribution in [1.82, 2.24) is 4.90 Å². The second kappa shape index (κ2) is 12.4. The molecular weight excluding hydrogens is 531 g/mol. The monoisotopic (exact) mass is 565 g/mol. The molecule has 2 aliphatic heterocycles. The molecule has 0 aromatic heterocycles. The number of ether oxygens (including phenoxy) is 2. The maximum absolute atomic E-state index is 13.3. The molecule has 0 radical (unpaired) electrons. The summed E-state index contributed by atoms with van der Waals surface area (Å²) in [4.78, 5) is 17.7. The largest absolute Gasteiger partial charge is 0.573 e. The van der Waals surface area contributed by atoms with Crippen LogP contribution in [0.25, 0.3) is 17.2 Å². The molecule has 41 heavy (non-hydrogen) atoms. The lowest BCUT2D eigenvalue weighted by molar-refractivity contribution is -0.274. The van der Waals surface area contributed by atoms with Crippen molar-refractivity contribution >= 4 is 23.4 Å². The van der Waals surface area contributed by atoms with Gasteiger partial charge in [-0.05, 0) is 91.0 Å². The van der Waals surface area contributed by atoms with E-state index in [2.05, 4.69) is 26.9 Å². The lowest BCUT2D eigenvalue weighted by Crippen LogP contribution is -2.36. The van der Waals surface area contributed by atoms with Gasteiger partial charge in [0.25, 0.3) is 5.91 Å². The molecule has 2 heterocycles. The third-order valence-corrected chi connectivity index (χ3v) is 7.66. The lowest BCUT2D eigenvalue weighted by Gasteiger charge is -2.31. The molecule has 0 atom stereocenters. The van der Waals surface area contributed by atoms with E-state index in [-0.39, 0.29) is 11.7 Å². The maximum Gasteiger partial charge on any atom is 0.573 e. The van der Waals surface area contributed by atoms with Crippen molar-refractivity contribution in [1.29, 1.82) is 0 Å². The first-order valence-electron chi connectivity index (χ1n) is 13.7. The fraction of sp³-hybridized carbons (Fsp3) is 0.344. The van der Waals surface area contributed by atoms with Gasteiger partial charge in [0.2, 0.25) is 0 Å². The van der Waals surface area contributed by atoms with Gasteiger partial charge < -0.3 is 19.7 Å². The van der Waals surface area contributed by atoms with E-state index in [1.807, 2.05) is 55.6 Å². The van der Waals surface area contributed by atoms with Crippen LogP contribution in [0, 0.1) is 0 Å². The molecule has 1 amide bonds. The predicted octanol–water partition coefficient (Wildman–Crippen LogP) is 6.73. The van der Waals surface area contributed by atoms with Gasteiger partial charge >= 0.3 is 6.36 Å². The van der Waals surface area contributed by atoms with Crippen LogP contribution in [0.15, 0.2) is 72.3 Å². The van der Waals surface area contributed by atoms with E-state index in [1.54, 1.807) is 12.1 Å². The van der Waals surface area contributed by atoms with Crippen molar-refractivity contribution in [2.75, 3.05) is 44.1 Å². The third-order valence-electron chi connectivity index (χ3n) is 7.66. The van der Waals surface area contributed by atoms with E-state index in [0.29, 0.717) is 24.6 Å². The van der Waals surface area contributed by atoms with Gasteiger partial charge in [0, 0.05) is 56.3 Å². The summed E-state index contributed by atoms with van der Waals surface area (Å²) in [6, 6.07) is 20.1. The molecule has 9 heteroatoms. The second-order valence-electron chi connectivity index (χ2n) is 10.6. The number of hydrogen-bond acceptors (Lipinski definition) is 5. The predicted molar refractivity (Wildman–Crippen MR) is 155 cm³/mol. The van der Waals surface area contributed by atoms with Crippen molar-refractivity contribution in [3.05, 3.63) is 83.4 Å². The minimum Gasteiger partial charge on any atom is -0.406 e. The standard InChI is InChI=1S/C32H34F3N3O3/c1-37-16-13-25(31(39)36-27-8-3-22(4-9-27)21-38(2)28-14-17-40-18-15-28)20-26-19-24(7-12-30(26)37)23-5-10-29(11-6-23)41-32(33,34)35/h3-12,19-20,28H,13-18,21H2,1-2H3,(H,36,39). The summed E-state index contributed by atoms with van der Waals surface area (Å²) < 4.78 is 47.0. The zero-order valence-corrected chi connectivity index (χ0v) is 23.2. The summed E-state index contributed by atoms with van der Waals surface area (Å²) in [5, 5.41) is 3.04. The van der Waals surface area contributed by atoms with Gasteiger partial charge in [0.1, 0.15) is 5.75 Å². The fourth-order valence-electron chi connectivity index (χ4n) is 5.34. The Morgan fingerprint density at radius 2 is 1.71 bits per heavy atom. The minimum absolute atomic E-state index is 0.155. The summed E-state index contributed by atoms with van der Waals surface area (Å²) in [5.74, 6) is -0.425. The highest BCUT2D eigenvalue weighted by Crippen LogP contribution is 2.33. The Hall–Kier alpha value is -3.82. The number of alkyl halides is 3. The zero-order chi connectivity index (χ0) is 29.0. The molecular formula is C32H34F3N3O3. The summed E-state index contributed by atoms with van der Waals surface area (Å²) in [6.07, 6.45) is -0.174.